The number of hydrogen-bond donors (Lipinski definition) is 0. The van der Waals surface area contributed by atoms with Gasteiger partial charge < -0.3 is 14.0 Å². The van der Waals surface area contributed by atoms with Crippen LogP contribution in [-0.2, 0) is 0 Å². The molecule has 14 aromatic carbocycles. The number of hydrogen-bond acceptors (Lipinski definition) is 1. The van der Waals surface area contributed by atoms with Gasteiger partial charge in [-0.1, -0.05) is 285 Å². The molecule has 0 aliphatic rings. The van der Waals surface area contributed by atoms with Crippen LogP contribution in [-0.4, -0.2) is 25.3 Å². The zero-order valence-electron chi connectivity index (χ0n) is 49.1. The quantitative estimate of drug-likeness (QED) is 0.0781. The van der Waals surface area contributed by atoms with Crippen molar-refractivity contribution in [3.05, 3.63) is 370 Å². The Balaban J connectivity index is 0.964. The van der Waals surface area contributed by atoms with Gasteiger partial charge in [0.2, 0.25) is 0 Å². The molecule has 3 nitrogen and oxygen atoms in total. The predicted molar refractivity (Wildman–Crippen MR) is 382 cm³/mol. The molecular formula is C84H61N3Si2. The van der Waals surface area contributed by atoms with Crippen LogP contribution in [0.25, 0.3) is 66.1 Å². The molecule has 0 aliphatic carbocycles. The minimum absolute atomic E-state index is 1.07. The van der Waals surface area contributed by atoms with E-state index >= 15 is 0 Å². The normalized spacial score (nSPS) is 11.8. The van der Waals surface area contributed by atoms with Gasteiger partial charge in [0.25, 0.3) is 0 Å². The molecule has 0 radical (unpaired) electrons. The summed E-state index contributed by atoms with van der Waals surface area (Å²) < 4.78 is 4.92. The first-order chi connectivity index (χ1) is 44.2. The second kappa shape index (κ2) is 22.6. The third-order valence-electron chi connectivity index (χ3n) is 18.4. The highest BCUT2D eigenvalue weighted by atomic mass is 28.3. The van der Waals surface area contributed by atoms with Crippen LogP contribution in [0.5, 0.6) is 0 Å². The van der Waals surface area contributed by atoms with E-state index in [1.165, 1.54) is 74.2 Å². The Morgan fingerprint density at radius 1 is 0.191 bits per heavy atom. The van der Waals surface area contributed by atoms with Crippen LogP contribution in [0.1, 0.15) is 0 Å². The van der Waals surface area contributed by atoms with E-state index in [2.05, 4.69) is 384 Å². The lowest BCUT2D eigenvalue weighted by atomic mass is 10.0. The van der Waals surface area contributed by atoms with Crippen molar-refractivity contribution in [2.45, 2.75) is 0 Å². The molecule has 420 valence electrons. The Morgan fingerprint density at radius 3 is 0.753 bits per heavy atom. The van der Waals surface area contributed by atoms with Gasteiger partial charge in [-0.05, 0) is 138 Å². The molecule has 0 fully saturated rings. The van der Waals surface area contributed by atoms with Crippen LogP contribution in [0, 0.1) is 0 Å². The van der Waals surface area contributed by atoms with Gasteiger partial charge >= 0.3 is 0 Å². The van der Waals surface area contributed by atoms with Crippen LogP contribution in [0.4, 0.5) is 17.1 Å². The average molecular weight is 1170 g/mol. The molecule has 0 atom stereocenters. The van der Waals surface area contributed by atoms with Crippen LogP contribution in [0.3, 0.4) is 0 Å². The van der Waals surface area contributed by atoms with Crippen molar-refractivity contribution in [3.63, 3.8) is 0 Å². The number of rotatable bonds is 14. The molecule has 89 heavy (non-hydrogen) atoms. The van der Waals surface area contributed by atoms with Crippen molar-refractivity contribution in [2.24, 2.45) is 0 Å². The van der Waals surface area contributed by atoms with E-state index in [4.69, 9.17) is 0 Å². The van der Waals surface area contributed by atoms with Gasteiger partial charge in [-0.15, -0.1) is 0 Å². The highest BCUT2D eigenvalue weighted by Gasteiger charge is 2.43. The summed E-state index contributed by atoms with van der Waals surface area (Å²) >= 11 is 0. The minimum Gasteiger partial charge on any atom is -0.310 e. The molecule has 0 spiro atoms. The number of aromatic nitrogens is 2. The number of nitrogens with zero attached hydrogens (tertiary/aromatic N) is 3. The fourth-order valence-corrected chi connectivity index (χ4v) is 24.0. The molecule has 0 N–H and O–H groups in total. The largest absolute Gasteiger partial charge is 0.310 e. The summed E-state index contributed by atoms with van der Waals surface area (Å²) in [6, 6.07) is 138. The third-order valence-corrected chi connectivity index (χ3v) is 27.9. The smallest absolute Gasteiger partial charge is 0.179 e. The highest BCUT2D eigenvalue weighted by molar-refractivity contribution is 7.20. The zero-order valence-corrected chi connectivity index (χ0v) is 51.1. The predicted octanol–water partition coefficient (Wildman–Crippen LogP) is 15.8. The molecule has 0 unspecified atom stereocenters. The Hall–Kier alpha value is -11.1. The summed E-state index contributed by atoms with van der Waals surface area (Å²) in [7, 11) is -5.83. The van der Waals surface area contributed by atoms with Crippen molar-refractivity contribution in [1.29, 1.82) is 0 Å². The maximum absolute atomic E-state index is 2.91. The molecule has 0 aliphatic heterocycles. The van der Waals surface area contributed by atoms with Gasteiger partial charge in [0.05, 0.1) is 22.1 Å². The number of para-hydroxylation sites is 2. The Kier molecular flexibility index (Phi) is 13.6. The van der Waals surface area contributed by atoms with Crippen LogP contribution < -0.4 is 46.4 Å². The second-order valence-electron chi connectivity index (χ2n) is 23.2. The number of fused-ring (bicyclic) bond motifs is 6. The fraction of sp³-hybridized carbons (Fsp3) is 0. The number of anilines is 3. The van der Waals surface area contributed by atoms with Crippen LogP contribution in [0.2, 0.25) is 0 Å². The van der Waals surface area contributed by atoms with Crippen LogP contribution in [0.15, 0.2) is 370 Å². The van der Waals surface area contributed by atoms with E-state index in [9.17, 15) is 0 Å². The van der Waals surface area contributed by atoms with E-state index in [-0.39, 0.29) is 0 Å². The topological polar surface area (TPSA) is 13.1 Å². The first-order valence-electron chi connectivity index (χ1n) is 30.7. The molecule has 5 heteroatoms. The van der Waals surface area contributed by atoms with Crippen molar-refractivity contribution in [2.75, 3.05) is 4.90 Å². The van der Waals surface area contributed by atoms with E-state index in [0.717, 1.165) is 50.5 Å². The summed E-state index contributed by atoms with van der Waals surface area (Å²) in [4.78, 5) is 2.48. The van der Waals surface area contributed by atoms with Gasteiger partial charge in [-0.25, -0.2) is 0 Å². The molecular weight excluding hydrogens is 1110 g/mol. The average Bonchev–Trinajstić information content (AvgIpc) is 1.84. The molecule has 0 saturated heterocycles. The zero-order chi connectivity index (χ0) is 59.1. The number of benzene rings is 14. The fourth-order valence-electron chi connectivity index (χ4n) is 14.5. The van der Waals surface area contributed by atoms with Crippen molar-refractivity contribution >= 4 is 118 Å². The van der Waals surface area contributed by atoms with Crippen molar-refractivity contribution in [3.8, 4) is 22.5 Å². The summed E-state index contributed by atoms with van der Waals surface area (Å²) in [6.07, 6.45) is 0. The summed E-state index contributed by atoms with van der Waals surface area (Å²) in [6.45, 7) is 0. The Bertz CT molecular complexity index is 4660. The Labute approximate surface area is 521 Å². The van der Waals surface area contributed by atoms with Crippen LogP contribution >= 0.6 is 0 Å². The van der Waals surface area contributed by atoms with Gasteiger partial charge in [0.15, 0.2) is 16.1 Å². The SMILES string of the molecule is c1ccc(-c2ccc(N(c3ccc4c(c3)c3cc([Si](c5ccccc5)(c5ccccc5)c5ccccc5)ccc3n4-c3ccccc3)c3ccc4c(c3)c3cc([Si](c5ccccc5)(c5ccccc5)c5ccccc5)ccc3n4-c3ccccc3)cc2)cc1. The van der Waals surface area contributed by atoms with E-state index in [0.29, 0.717) is 0 Å². The van der Waals surface area contributed by atoms with Crippen molar-refractivity contribution in [1.82, 2.24) is 9.13 Å². The third kappa shape index (κ3) is 9.01. The summed E-state index contributed by atoms with van der Waals surface area (Å²) in [5.41, 5.74) is 12.4. The molecule has 2 aromatic heterocycles. The van der Waals surface area contributed by atoms with Gasteiger partial charge in [-0.3, -0.25) is 0 Å². The first-order valence-corrected chi connectivity index (χ1v) is 34.7. The maximum Gasteiger partial charge on any atom is 0.179 e. The Morgan fingerprint density at radius 2 is 0.438 bits per heavy atom. The van der Waals surface area contributed by atoms with Crippen molar-refractivity contribution < 1.29 is 0 Å². The lowest BCUT2D eigenvalue weighted by Gasteiger charge is -2.34. The highest BCUT2D eigenvalue weighted by Crippen LogP contribution is 2.43. The van der Waals surface area contributed by atoms with Gasteiger partial charge in [-0.2, -0.15) is 0 Å². The molecule has 2 heterocycles. The summed E-state index contributed by atoms with van der Waals surface area (Å²) in [5.74, 6) is 0. The molecule has 0 bridgehead atoms. The van der Waals surface area contributed by atoms with E-state index < -0.39 is 16.1 Å². The summed E-state index contributed by atoms with van der Waals surface area (Å²) in [5, 5.41) is 15.5. The molecule has 0 amide bonds. The van der Waals surface area contributed by atoms with E-state index in [1.807, 2.05) is 0 Å². The first kappa shape index (κ1) is 53.4. The molecule has 16 rings (SSSR count). The standard InChI is InChI=1S/C84H61N3Si2/c1-10-28-62(29-11-1)63-46-48-66(49-47-63)85(67-50-54-81-77(58-67)79-60-75(52-56-83(79)86(81)64-30-12-2-13-31-64)88(69-34-16-4-17-35-69,70-36-18-5-19-37-70)71-38-20-6-21-39-71)68-51-55-82-78(59-68)80-61-76(53-57-84(80)87(82)65-32-14-3-15-33-65)89(72-40-22-7-23-41-72,73-42-24-8-25-43-73)74-44-26-9-27-45-74/h1-61H. The lowest BCUT2D eigenvalue weighted by molar-refractivity contribution is 1.18. The molecule has 16 aromatic rings. The minimum atomic E-state index is -2.91. The second-order valence-corrected chi connectivity index (χ2v) is 30.8. The monoisotopic (exact) mass is 1170 g/mol. The van der Waals surface area contributed by atoms with Gasteiger partial charge in [0, 0.05) is 50.0 Å². The maximum atomic E-state index is 2.55. The van der Waals surface area contributed by atoms with Gasteiger partial charge in [0.1, 0.15) is 0 Å². The lowest BCUT2D eigenvalue weighted by Crippen LogP contribution is -2.74. The van der Waals surface area contributed by atoms with E-state index in [1.54, 1.807) is 0 Å². The molecule has 0 saturated carbocycles.